The molecule has 2 nitrogen and oxygen atoms in total. The summed E-state index contributed by atoms with van der Waals surface area (Å²) in [6.45, 7) is 3.86. The molecule has 0 N–H and O–H groups in total. The number of hydrogen-bond acceptors (Lipinski definition) is 2. The maximum Gasteiger partial charge on any atom is 0.119 e. The lowest BCUT2D eigenvalue weighted by Crippen LogP contribution is -2.19. The predicted molar refractivity (Wildman–Crippen MR) is 59.9 cm³/mol. The van der Waals surface area contributed by atoms with Crippen molar-refractivity contribution in [1.82, 2.24) is 4.90 Å². The van der Waals surface area contributed by atoms with Crippen molar-refractivity contribution in [2.45, 2.75) is 13.3 Å². The Hall–Kier alpha value is -1.02. The van der Waals surface area contributed by atoms with Gasteiger partial charge in [-0.15, -0.1) is 0 Å². The molecular weight excluding hydrogens is 174 g/mol. The topological polar surface area (TPSA) is 12.5 Å². The van der Waals surface area contributed by atoms with Crippen molar-refractivity contribution < 1.29 is 4.74 Å². The molecule has 0 aromatic heterocycles. The molecule has 14 heavy (non-hydrogen) atoms. The van der Waals surface area contributed by atoms with Crippen LogP contribution in [0, 0.1) is 0 Å². The Balaban J connectivity index is 2.42. The average Bonchev–Trinajstić information content (AvgIpc) is 2.18. The Kier molecular flexibility index (Phi) is 4.47. The molecule has 0 atom stereocenters. The van der Waals surface area contributed by atoms with Crippen LogP contribution in [0.1, 0.15) is 12.5 Å². The standard InChI is InChI=1S/C12H19NO/c1-4-11-6-5-7-12(10-11)14-9-8-13(2)3/h5-7,10H,4,8-9H2,1-3H3. The molecule has 0 saturated heterocycles. The molecule has 0 aliphatic heterocycles. The van der Waals surface area contributed by atoms with Gasteiger partial charge < -0.3 is 9.64 Å². The van der Waals surface area contributed by atoms with Gasteiger partial charge in [-0.05, 0) is 38.2 Å². The van der Waals surface area contributed by atoms with Crippen LogP contribution in [-0.2, 0) is 6.42 Å². The van der Waals surface area contributed by atoms with Gasteiger partial charge in [0.05, 0.1) is 0 Å². The van der Waals surface area contributed by atoms with E-state index in [0.29, 0.717) is 0 Å². The third-order valence-electron chi connectivity index (χ3n) is 2.11. The Bertz CT molecular complexity index is 271. The number of likely N-dealkylation sites (N-methyl/N-ethyl adjacent to an activating group) is 1. The largest absolute Gasteiger partial charge is 0.492 e. The summed E-state index contributed by atoms with van der Waals surface area (Å²) in [7, 11) is 4.09. The van der Waals surface area contributed by atoms with Crippen molar-refractivity contribution in [1.29, 1.82) is 0 Å². The molecular formula is C12H19NO. The van der Waals surface area contributed by atoms with Gasteiger partial charge >= 0.3 is 0 Å². The van der Waals surface area contributed by atoms with Crippen molar-refractivity contribution in [3.8, 4) is 5.75 Å². The first kappa shape index (κ1) is 11.1. The fourth-order valence-electron chi connectivity index (χ4n) is 1.20. The van der Waals surface area contributed by atoms with E-state index in [1.807, 2.05) is 26.2 Å². The lowest BCUT2D eigenvalue weighted by atomic mass is 10.2. The van der Waals surface area contributed by atoms with Crippen LogP contribution in [0.15, 0.2) is 24.3 Å². The van der Waals surface area contributed by atoms with Crippen molar-refractivity contribution >= 4 is 0 Å². The van der Waals surface area contributed by atoms with Crippen LogP contribution in [0.2, 0.25) is 0 Å². The third-order valence-corrected chi connectivity index (χ3v) is 2.11. The molecule has 0 bridgehead atoms. The van der Waals surface area contributed by atoms with E-state index >= 15 is 0 Å². The highest BCUT2D eigenvalue weighted by Gasteiger charge is 1.95. The SMILES string of the molecule is CCc1cccc(OCCN(C)C)c1. The second kappa shape index (κ2) is 5.66. The highest BCUT2D eigenvalue weighted by atomic mass is 16.5. The van der Waals surface area contributed by atoms with Gasteiger partial charge in [-0.1, -0.05) is 19.1 Å². The molecule has 0 spiro atoms. The number of ether oxygens (including phenoxy) is 1. The molecule has 1 aromatic rings. The summed E-state index contributed by atoms with van der Waals surface area (Å²) >= 11 is 0. The van der Waals surface area contributed by atoms with E-state index < -0.39 is 0 Å². The fraction of sp³-hybridized carbons (Fsp3) is 0.500. The van der Waals surface area contributed by atoms with Crippen LogP contribution in [-0.4, -0.2) is 32.1 Å². The zero-order chi connectivity index (χ0) is 10.4. The molecule has 78 valence electrons. The molecule has 0 radical (unpaired) electrons. The maximum atomic E-state index is 5.62. The Morgan fingerprint density at radius 3 is 2.71 bits per heavy atom. The molecule has 1 aromatic carbocycles. The van der Waals surface area contributed by atoms with Crippen LogP contribution >= 0.6 is 0 Å². The third kappa shape index (κ3) is 3.79. The van der Waals surface area contributed by atoms with Crippen LogP contribution in [0.25, 0.3) is 0 Å². The highest BCUT2D eigenvalue weighted by Crippen LogP contribution is 2.13. The van der Waals surface area contributed by atoms with Gasteiger partial charge in [0.2, 0.25) is 0 Å². The zero-order valence-electron chi connectivity index (χ0n) is 9.29. The number of aryl methyl sites for hydroxylation is 1. The number of nitrogens with zero attached hydrogens (tertiary/aromatic N) is 1. The van der Waals surface area contributed by atoms with E-state index in [1.54, 1.807) is 0 Å². The fourth-order valence-corrected chi connectivity index (χ4v) is 1.20. The lowest BCUT2D eigenvalue weighted by molar-refractivity contribution is 0.261. The van der Waals surface area contributed by atoms with E-state index in [9.17, 15) is 0 Å². The molecule has 0 amide bonds. The van der Waals surface area contributed by atoms with E-state index in [2.05, 4.69) is 24.0 Å². The Morgan fingerprint density at radius 2 is 2.07 bits per heavy atom. The normalized spacial score (nSPS) is 10.6. The second-order valence-corrected chi connectivity index (χ2v) is 3.65. The van der Waals surface area contributed by atoms with Crippen LogP contribution in [0.3, 0.4) is 0 Å². The maximum absolute atomic E-state index is 5.62. The quantitative estimate of drug-likeness (QED) is 0.710. The molecule has 0 fully saturated rings. The molecule has 2 heteroatoms. The lowest BCUT2D eigenvalue weighted by Gasteiger charge is -2.11. The summed E-state index contributed by atoms with van der Waals surface area (Å²) in [5.41, 5.74) is 1.33. The van der Waals surface area contributed by atoms with Crippen molar-refractivity contribution in [3.05, 3.63) is 29.8 Å². The molecule has 0 saturated carbocycles. The van der Waals surface area contributed by atoms with Crippen molar-refractivity contribution in [2.75, 3.05) is 27.2 Å². The predicted octanol–water partition coefficient (Wildman–Crippen LogP) is 2.19. The summed E-state index contributed by atoms with van der Waals surface area (Å²) < 4.78 is 5.62. The smallest absolute Gasteiger partial charge is 0.119 e. The molecule has 0 aliphatic rings. The molecule has 0 aliphatic carbocycles. The van der Waals surface area contributed by atoms with Crippen LogP contribution in [0.5, 0.6) is 5.75 Å². The number of rotatable bonds is 5. The first-order valence-corrected chi connectivity index (χ1v) is 5.09. The van der Waals surface area contributed by atoms with Crippen LogP contribution < -0.4 is 4.74 Å². The minimum Gasteiger partial charge on any atom is -0.492 e. The van der Waals surface area contributed by atoms with Crippen molar-refractivity contribution in [2.24, 2.45) is 0 Å². The first-order chi connectivity index (χ1) is 6.72. The van der Waals surface area contributed by atoms with Gasteiger partial charge in [0, 0.05) is 6.54 Å². The molecule has 0 heterocycles. The molecule has 0 unspecified atom stereocenters. The Morgan fingerprint density at radius 1 is 1.29 bits per heavy atom. The van der Waals surface area contributed by atoms with Gasteiger partial charge in [0.1, 0.15) is 12.4 Å². The van der Waals surface area contributed by atoms with E-state index in [0.717, 1.165) is 25.3 Å². The number of hydrogen-bond donors (Lipinski definition) is 0. The zero-order valence-corrected chi connectivity index (χ0v) is 9.29. The van der Waals surface area contributed by atoms with Gasteiger partial charge in [-0.3, -0.25) is 0 Å². The summed E-state index contributed by atoms with van der Waals surface area (Å²) in [6.07, 6.45) is 1.06. The Labute approximate surface area is 86.5 Å². The second-order valence-electron chi connectivity index (χ2n) is 3.65. The monoisotopic (exact) mass is 193 g/mol. The summed E-state index contributed by atoms with van der Waals surface area (Å²) in [5.74, 6) is 0.978. The minimum absolute atomic E-state index is 0.750. The van der Waals surface area contributed by atoms with Gasteiger partial charge in [-0.2, -0.15) is 0 Å². The van der Waals surface area contributed by atoms with E-state index in [1.165, 1.54) is 5.56 Å². The average molecular weight is 193 g/mol. The van der Waals surface area contributed by atoms with Gasteiger partial charge in [-0.25, -0.2) is 0 Å². The minimum atomic E-state index is 0.750. The summed E-state index contributed by atoms with van der Waals surface area (Å²) in [5, 5.41) is 0. The highest BCUT2D eigenvalue weighted by molar-refractivity contribution is 5.28. The van der Waals surface area contributed by atoms with Crippen molar-refractivity contribution in [3.63, 3.8) is 0 Å². The van der Waals surface area contributed by atoms with Gasteiger partial charge in [0.15, 0.2) is 0 Å². The number of benzene rings is 1. The van der Waals surface area contributed by atoms with E-state index in [4.69, 9.17) is 4.74 Å². The van der Waals surface area contributed by atoms with Gasteiger partial charge in [0.25, 0.3) is 0 Å². The molecule has 1 rings (SSSR count). The first-order valence-electron chi connectivity index (χ1n) is 5.09. The summed E-state index contributed by atoms with van der Waals surface area (Å²) in [4.78, 5) is 2.11. The van der Waals surface area contributed by atoms with Crippen LogP contribution in [0.4, 0.5) is 0 Å². The van der Waals surface area contributed by atoms with E-state index in [-0.39, 0.29) is 0 Å². The summed E-state index contributed by atoms with van der Waals surface area (Å²) in [6, 6.07) is 8.28.